The Morgan fingerprint density at radius 2 is 1.94 bits per heavy atom. The minimum absolute atomic E-state index is 0.656. The fourth-order valence-corrected chi connectivity index (χ4v) is 2.86. The van der Waals surface area contributed by atoms with E-state index in [1.54, 1.807) is 11.3 Å². The second-order valence-corrected chi connectivity index (χ2v) is 5.30. The van der Waals surface area contributed by atoms with Gasteiger partial charge in [0.25, 0.3) is 0 Å². The van der Waals surface area contributed by atoms with Gasteiger partial charge < -0.3 is 5.73 Å². The van der Waals surface area contributed by atoms with Gasteiger partial charge in [0, 0.05) is 6.42 Å². The summed E-state index contributed by atoms with van der Waals surface area (Å²) in [6.07, 6.45) is 1.94. The Labute approximate surface area is 107 Å². The van der Waals surface area contributed by atoms with Gasteiger partial charge in [0.05, 0.1) is 15.6 Å². The number of nitrogens with two attached hydrogens (primary N) is 1. The van der Waals surface area contributed by atoms with Gasteiger partial charge in [-0.15, -0.1) is 11.3 Å². The van der Waals surface area contributed by atoms with Crippen molar-refractivity contribution in [2.75, 3.05) is 6.54 Å². The van der Waals surface area contributed by atoms with Gasteiger partial charge in [-0.2, -0.15) is 0 Å². The zero-order valence-electron chi connectivity index (χ0n) is 10.4. The van der Waals surface area contributed by atoms with Crippen LogP contribution in [0.25, 0.3) is 10.4 Å². The number of rotatable bonds is 4. The zero-order chi connectivity index (χ0) is 12.3. The molecule has 3 heteroatoms. The summed E-state index contributed by atoms with van der Waals surface area (Å²) >= 11 is 1.75. The standard InChI is InChI=1S/C14H18N2S/c1-3-11-4-6-12(7-5-11)14-13(8-9-15)16-10(2)17-14/h4-7H,3,8-9,15H2,1-2H3. The maximum atomic E-state index is 5.63. The van der Waals surface area contributed by atoms with E-state index in [1.807, 2.05) is 0 Å². The molecular weight excluding hydrogens is 228 g/mol. The number of thiazole rings is 1. The van der Waals surface area contributed by atoms with E-state index < -0.39 is 0 Å². The predicted molar refractivity (Wildman–Crippen MR) is 74.4 cm³/mol. The second-order valence-electron chi connectivity index (χ2n) is 4.10. The normalized spacial score (nSPS) is 10.8. The van der Waals surface area contributed by atoms with Gasteiger partial charge in [-0.3, -0.25) is 0 Å². The molecule has 90 valence electrons. The lowest BCUT2D eigenvalue weighted by Crippen LogP contribution is -2.03. The Balaban J connectivity index is 2.37. The van der Waals surface area contributed by atoms with Gasteiger partial charge in [0.15, 0.2) is 0 Å². The summed E-state index contributed by atoms with van der Waals surface area (Å²) in [4.78, 5) is 5.83. The van der Waals surface area contributed by atoms with E-state index in [1.165, 1.54) is 16.0 Å². The number of nitrogens with zero attached hydrogens (tertiary/aromatic N) is 1. The Hall–Kier alpha value is -1.19. The Kier molecular flexibility index (Phi) is 3.92. The fraction of sp³-hybridized carbons (Fsp3) is 0.357. The number of aryl methyl sites for hydroxylation is 2. The van der Waals surface area contributed by atoms with Crippen LogP contribution in [0.15, 0.2) is 24.3 Å². The summed E-state index contributed by atoms with van der Waals surface area (Å²) < 4.78 is 0. The summed E-state index contributed by atoms with van der Waals surface area (Å²) in [6.45, 7) is 4.88. The lowest BCUT2D eigenvalue weighted by Gasteiger charge is -2.02. The molecule has 17 heavy (non-hydrogen) atoms. The lowest BCUT2D eigenvalue weighted by atomic mass is 10.1. The third-order valence-electron chi connectivity index (χ3n) is 2.81. The van der Waals surface area contributed by atoms with Gasteiger partial charge >= 0.3 is 0 Å². The quantitative estimate of drug-likeness (QED) is 0.900. The molecule has 0 spiro atoms. The molecule has 0 bridgehead atoms. The predicted octanol–water partition coefficient (Wildman–Crippen LogP) is 3.18. The number of benzene rings is 1. The van der Waals surface area contributed by atoms with E-state index in [-0.39, 0.29) is 0 Å². The van der Waals surface area contributed by atoms with Gasteiger partial charge in [-0.1, -0.05) is 31.2 Å². The van der Waals surface area contributed by atoms with Crippen LogP contribution < -0.4 is 5.73 Å². The molecule has 0 radical (unpaired) electrons. The average molecular weight is 246 g/mol. The maximum Gasteiger partial charge on any atom is 0.0903 e. The first-order valence-electron chi connectivity index (χ1n) is 6.00. The first-order chi connectivity index (χ1) is 8.24. The van der Waals surface area contributed by atoms with Crippen LogP contribution in [0.2, 0.25) is 0 Å². The maximum absolute atomic E-state index is 5.63. The molecular formula is C14H18N2S. The summed E-state index contributed by atoms with van der Waals surface area (Å²) in [5.41, 5.74) is 9.40. The van der Waals surface area contributed by atoms with Crippen LogP contribution in [0.5, 0.6) is 0 Å². The lowest BCUT2D eigenvalue weighted by molar-refractivity contribution is 0.931. The first-order valence-corrected chi connectivity index (χ1v) is 6.82. The summed E-state index contributed by atoms with van der Waals surface area (Å²) in [6, 6.07) is 8.75. The molecule has 1 aromatic heterocycles. The van der Waals surface area contributed by atoms with Crippen LogP contribution in [-0.4, -0.2) is 11.5 Å². The molecule has 2 N–H and O–H groups in total. The molecule has 1 aromatic carbocycles. The van der Waals surface area contributed by atoms with Crippen LogP contribution in [0.1, 0.15) is 23.2 Å². The van der Waals surface area contributed by atoms with Crippen molar-refractivity contribution < 1.29 is 0 Å². The van der Waals surface area contributed by atoms with Crippen molar-refractivity contribution in [3.8, 4) is 10.4 Å². The minimum atomic E-state index is 0.656. The first kappa shape index (κ1) is 12.3. The molecule has 2 nitrogen and oxygen atoms in total. The van der Waals surface area contributed by atoms with E-state index in [0.717, 1.165) is 23.5 Å². The third-order valence-corrected chi connectivity index (χ3v) is 3.87. The van der Waals surface area contributed by atoms with Crippen molar-refractivity contribution in [3.05, 3.63) is 40.5 Å². The van der Waals surface area contributed by atoms with Crippen LogP contribution >= 0.6 is 11.3 Å². The Bertz CT molecular complexity index is 485. The van der Waals surface area contributed by atoms with E-state index >= 15 is 0 Å². The molecule has 0 aliphatic heterocycles. The van der Waals surface area contributed by atoms with Crippen molar-refractivity contribution in [3.63, 3.8) is 0 Å². The second kappa shape index (κ2) is 5.43. The molecule has 0 aliphatic rings. The van der Waals surface area contributed by atoms with Crippen molar-refractivity contribution in [1.29, 1.82) is 0 Å². The SMILES string of the molecule is CCc1ccc(-c2sc(C)nc2CCN)cc1. The molecule has 0 saturated heterocycles. The monoisotopic (exact) mass is 246 g/mol. The fourth-order valence-electron chi connectivity index (χ4n) is 1.89. The molecule has 1 heterocycles. The smallest absolute Gasteiger partial charge is 0.0903 e. The van der Waals surface area contributed by atoms with E-state index in [4.69, 9.17) is 5.73 Å². The number of aromatic nitrogens is 1. The van der Waals surface area contributed by atoms with Crippen LogP contribution in [0.3, 0.4) is 0 Å². The van der Waals surface area contributed by atoms with Crippen molar-refractivity contribution in [2.24, 2.45) is 5.73 Å². The van der Waals surface area contributed by atoms with Gasteiger partial charge in [0.2, 0.25) is 0 Å². The molecule has 0 fully saturated rings. The van der Waals surface area contributed by atoms with E-state index in [2.05, 4.69) is 43.1 Å². The van der Waals surface area contributed by atoms with E-state index in [9.17, 15) is 0 Å². The number of hydrogen-bond acceptors (Lipinski definition) is 3. The Morgan fingerprint density at radius 1 is 1.24 bits per heavy atom. The molecule has 0 amide bonds. The molecule has 0 aliphatic carbocycles. The highest BCUT2D eigenvalue weighted by molar-refractivity contribution is 7.15. The van der Waals surface area contributed by atoms with Gasteiger partial charge in [-0.25, -0.2) is 4.98 Å². The number of hydrogen-bond donors (Lipinski definition) is 1. The van der Waals surface area contributed by atoms with E-state index in [0.29, 0.717) is 6.54 Å². The molecule has 2 rings (SSSR count). The van der Waals surface area contributed by atoms with Gasteiger partial charge in [0.1, 0.15) is 0 Å². The molecule has 0 unspecified atom stereocenters. The summed E-state index contributed by atoms with van der Waals surface area (Å²) in [7, 11) is 0. The molecule has 2 aromatic rings. The highest BCUT2D eigenvalue weighted by Gasteiger charge is 2.10. The van der Waals surface area contributed by atoms with Crippen LogP contribution in [0, 0.1) is 6.92 Å². The minimum Gasteiger partial charge on any atom is -0.330 e. The van der Waals surface area contributed by atoms with Crippen LogP contribution in [-0.2, 0) is 12.8 Å². The molecule has 0 atom stereocenters. The van der Waals surface area contributed by atoms with Crippen molar-refractivity contribution in [2.45, 2.75) is 26.7 Å². The third kappa shape index (κ3) is 2.73. The zero-order valence-corrected chi connectivity index (χ0v) is 11.2. The highest BCUT2D eigenvalue weighted by atomic mass is 32.1. The highest BCUT2D eigenvalue weighted by Crippen LogP contribution is 2.30. The Morgan fingerprint density at radius 3 is 2.53 bits per heavy atom. The summed E-state index contributed by atoms with van der Waals surface area (Å²) in [5, 5.41) is 1.11. The van der Waals surface area contributed by atoms with Crippen LogP contribution in [0.4, 0.5) is 0 Å². The largest absolute Gasteiger partial charge is 0.330 e. The molecule has 0 saturated carbocycles. The van der Waals surface area contributed by atoms with Crippen molar-refractivity contribution >= 4 is 11.3 Å². The van der Waals surface area contributed by atoms with Crippen molar-refractivity contribution in [1.82, 2.24) is 4.98 Å². The average Bonchev–Trinajstić information content (AvgIpc) is 2.71. The topological polar surface area (TPSA) is 38.9 Å². The van der Waals surface area contributed by atoms with Gasteiger partial charge in [-0.05, 0) is 31.0 Å². The summed E-state index contributed by atoms with van der Waals surface area (Å²) in [5.74, 6) is 0.